The van der Waals surface area contributed by atoms with Crippen LogP contribution in [-0.2, 0) is 19.6 Å². The number of hydrogen-bond donors (Lipinski definition) is 2. The maximum absolute atomic E-state index is 15.7. The van der Waals surface area contributed by atoms with Crippen LogP contribution in [0, 0.1) is 11.7 Å². The van der Waals surface area contributed by atoms with Gasteiger partial charge in [-0.05, 0) is 63.5 Å². The zero-order chi connectivity index (χ0) is 37.9. The van der Waals surface area contributed by atoms with Gasteiger partial charge in [0, 0.05) is 42.8 Å². The van der Waals surface area contributed by atoms with Crippen LogP contribution in [0.2, 0.25) is 0 Å². The van der Waals surface area contributed by atoms with Crippen LogP contribution in [0.4, 0.5) is 9.18 Å². The molecule has 1 aromatic carbocycles. The SMILES string of the molecule is COc1ccc2c(OC[C@@H]3C[C@H]4C(=O)N(C)CCCC/C=C\[C@H]5C[C@]5(C(=O)NS(=O)(=O)C5(C)CC5)NC(=O)N34)cc(-c3nc(C(C)C)cs3)nc2c1F. The maximum atomic E-state index is 15.7. The number of nitrogens with one attached hydrogen (secondary N) is 2. The van der Waals surface area contributed by atoms with E-state index in [0.29, 0.717) is 41.2 Å². The number of rotatable bonds is 9. The van der Waals surface area contributed by atoms with Gasteiger partial charge in [0.05, 0.1) is 23.6 Å². The predicted octanol–water partition coefficient (Wildman–Crippen LogP) is 5.12. The molecular weight excluding hydrogens is 724 g/mol. The van der Waals surface area contributed by atoms with E-state index in [0.717, 1.165) is 25.0 Å². The van der Waals surface area contributed by atoms with Gasteiger partial charge in [-0.1, -0.05) is 26.0 Å². The Morgan fingerprint density at radius 3 is 2.66 bits per heavy atom. The first-order chi connectivity index (χ1) is 25.2. The topological polar surface area (TPSA) is 160 Å². The van der Waals surface area contributed by atoms with Gasteiger partial charge in [0.2, 0.25) is 15.9 Å². The highest BCUT2D eigenvalue weighted by Crippen LogP contribution is 2.48. The van der Waals surface area contributed by atoms with E-state index in [1.807, 2.05) is 31.4 Å². The minimum Gasteiger partial charge on any atom is -0.494 e. The monoisotopic (exact) mass is 768 g/mol. The average molecular weight is 769 g/mol. The fraction of sp³-hybridized carbons (Fsp3) is 0.541. The molecule has 4 amide bonds. The van der Waals surface area contributed by atoms with E-state index >= 15 is 4.39 Å². The third-order valence-corrected chi connectivity index (χ3v) is 14.1. The average Bonchev–Trinajstić information content (AvgIpc) is 3.96. The molecule has 3 aromatic rings. The molecular formula is C37H45FN6O7S2. The summed E-state index contributed by atoms with van der Waals surface area (Å²) in [5.41, 5.74) is -0.173. The molecule has 4 aliphatic rings. The smallest absolute Gasteiger partial charge is 0.319 e. The summed E-state index contributed by atoms with van der Waals surface area (Å²) in [5, 5.41) is 5.76. The van der Waals surface area contributed by atoms with Gasteiger partial charge in [-0.25, -0.2) is 27.6 Å². The first-order valence-corrected chi connectivity index (χ1v) is 20.4. The number of methoxy groups -OCH3 is 1. The first kappa shape index (κ1) is 37.0. The minimum atomic E-state index is -3.97. The summed E-state index contributed by atoms with van der Waals surface area (Å²) in [5.74, 6) is -1.59. The molecule has 2 aromatic heterocycles. The number of halogens is 1. The molecule has 16 heteroatoms. The zero-order valence-electron chi connectivity index (χ0n) is 30.5. The Balaban J connectivity index is 1.18. The molecule has 53 heavy (non-hydrogen) atoms. The first-order valence-electron chi connectivity index (χ1n) is 18.0. The Labute approximate surface area is 312 Å². The minimum absolute atomic E-state index is 0.0207. The van der Waals surface area contributed by atoms with Crippen molar-refractivity contribution in [3.05, 3.63) is 47.2 Å². The fourth-order valence-corrected chi connectivity index (χ4v) is 9.23. The number of ether oxygens (including phenoxy) is 2. The van der Waals surface area contributed by atoms with Gasteiger partial charge in [0.25, 0.3) is 5.91 Å². The quantitative estimate of drug-likeness (QED) is 0.282. The van der Waals surface area contributed by atoms with Crippen LogP contribution in [-0.4, -0.2) is 95.7 Å². The molecule has 0 spiro atoms. The molecule has 4 atom stereocenters. The van der Waals surface area contributed by atoms with Gasteiger partial charge >= 0.3 is 6.03 Å². The number of urea groups is 1. The van der Waals surface area contributed by atoms with Crippen LogP contribution >= 0.6 is 11.3 Å². The summed E-state index contributed by atoms with van der Waals surface area (Å²) < 4.78 is 54.6. The molecule has 4 heterocycles. The van der Waals surface area contributed by atoms with Gasteiger partial charge in [-0.2, -0.15) is 0 Å². The highest BCUT2D eigenvalue weighted by atomic mass is 32.2. The number of aromatic nitrogens is 2. The summed E-state index contributed by atoms with van der Waals surface area (Å²) in [7, 11) is -0.888. The molecule has 13 nitrogen and oxygen atoms in total. The van der Waals surface area contributed by atoms with Crippen molar-refractivity contribution in [2.45, 2.75) is 94.0 Å². The van der Waals surface area contributed by atoms with Crippen molar-refractivity contribution in [1.29, 1.82) is 0 Å². The molecule has 2 aliphatic carbocycles. The second-order valence-corrected chi connectivity index (χ2v) is 18.2. The van der Waals surface area contributed by atoms with E-state index in [-0.39, 0.29) is 42.5 Å². The van der Waals surface area contributed by atoms with Gasteiger partial charge in [-0.3, -0.25) is 14.3 Å². The Kier molecular flexibility index (Phi) is 9.66. The molecule has 3 fully saturated rings. The Hall–Kier alpha value is -4.31. The highest BCUT2D eigenvalue weighted by Gasteiger charge is 2.63. The number of benzene rings is 1. The van der Waals surface area contributed by atoms with E-state index in [1.54, 1.807) is 31.0 Å². The van der Waals surface area contributed by atoms with Crippen LogP contribution in [0.15, 0.2) is 35.7 Å². The van der Waals surface area contributed by atoms with Crippen LogP contribution in [0.3, 0.4) is 0 Å². The molecule has 0 unspecified atom stereocenters. The van der Waals surface area contributed by atoms with Crippen molar-refractivity contribution in [3.63, 3.8) is 0 Å². The van der Waals surface area contributed by atoms with Gasteiger partial charge in [-0.15, -0.1) is 11.3 Å². The summed E-state index contributed by atoms with van der Waals surface area (Å²) in [6, 6.07) is 2.74. The van der Waals surface area contributed by atoms with Crippen LogP contribution in [0.25, 0.3) is 21.6 Å². The summed E-state index contributed by atoms with van der Waals surface area (Å²) in [6.45, 7) is 6.11. The van der Waals surface area contributed by atoms with Crippen LogP contribution in [0.5, 0.6) is 11.5 Å². The van der Waals surface area contributed by atoms with Crippen molar-refractivity contribution in [1.82, 2.24) is 29.8 Å². The number of likely N-dealkylation sites (N-methyl/N-ethyl adjacent to an activating group) is 1. The lowest BCUT2D eigenvalue weighted by Gasteiger charge is -2.48. The molecule has 1 saturated heterocycles. The largest absolute Gasteiger partial charge is 0.494 e. The fourth-order valence-electron chi connectivity index (χ4n) is 6.98. The van der Waals surface area contributed by atoms with Crippen molar-refractivity contribution >= 4 is 50.1 Å². The zero-order valence-corrected chi connectivity index (χ0v) is 32.1. The number of nitrogens with zero attached hydrogens (tertiary/aromatic N) is 4. The Morgan fingerprint density at radius 1 is 1.19 bits per heavy atom. The lowest BCUT2D eigenvalue weighted by molar-refractivity contribution is -0.142. The molecule has 2 N–H and O–H groups in total. The highest BCUT2D eigenvalue weighted by molar-refractivity contribution is 7.91. The number of carbonyl (C=O) groups is 3. The van der Waals surface area contributed by atoms with Crippen molar-refractivity contribution in [2.75, 3.05) is 27.3 Å². The summed E-state index contributed by atoms with van der Waals surface area (Å²) in [6.07, 6.45) is 7.50. The molecule has 284 valence electrons. The van der Waals surface area contributed by atoms with Gasteiger partial charge < -0.3 is 24.6 Å². The van der Waals surface area contributed by atoms with E-state index in [4.69, 9.17) is 14.5 Å². The third-order valence-electron chi connectivity index (χ3n) is 11.0. The lowest BCUT2D eigenvalue weighted by atomic mass is 9.92. The second kappa shape index (κ2) is 13.8. The molecule has 0 radical (unpaired) electrons. The van der Waals surface area contributed by atoms with E-state index < -0.39 is 56.1 Å². The summed E-state index contributed by atoms with van der Waals surface area (Å²) >= 11 is 1.39. The number of allylic oxidation sites excluding steroid dienone is 1. The summed E-state index contributed by atoms with van der Waals surface area (Å²) in [4.78, 5) is 54.0. The van der Waals surface area contributed by atoms with Crippen molar-refractivity contribution in [3.8, 4) is 22.2 Å². The molecule has 0 bridgehead atoms. The number of fused-ring (bicyclic) bond motifs is 3. The third kappa shape index (κ3) is 6.83. The number of sulfonamides is 1. The van der Waals surface area contributed by atoms with Gasteiger partial charge in [0.1, 0.15) is 40.2 Å². The number of thiazole rings is 1. The number of amides is 4. The predicted molar refractivity (Wildman–Crippen MR) is 198 cm³/mol. The maximum Gasteiger partial charge on any atom is 0.319 e. The van der Waals surface area contributed by atoms with Crippen molar-refractivity contribution in [2.24, 2.45) is 5.92 Å². The lowest BCUT2D eigenvalue weighted by Crippen LogP contribution is -2.69. The molecule has 7 rings (SSSR count). The van der Waals surface area contributed by atoms with E-state index in [9.17, 15) is 22.8 Å². The normalized spacial score (nSPS) is 26.1. The Bertz CT molecular complexity index is 2100. The second-order valence-electron chi connectivity index (χ2n) is 15.1. The van der Waals surface area contributed by atoms with Crippen molar-refractivity contribution < 1.29 is 36.7 Å². The van der Waals surface area contributed by atoms with E-state index in [1.165, 1.54) is 29.4 Å². The number of carbonyl (C=O) groups excluding carboxylic acids is 3. The number of hydrogen-bond acceptors (Lipinski definition) is 10. The number of pyridine rings is 1. The molecule has 2 saturated carbocycles. The van der Waals surface area contributed by atoms with Crippen LogP contribution in [0.1, 0.15) is 77.3 Å². The molecule has 2 aliphatic heterocycles. The van der Waals surface area contributed by atoms with Gasteiger partial charge in [0.15, 0.2) is 11.6 Å². The van der Waals surface area contributed by atoms with Crippen LogP contribution < -0.4 is 19.5 Å². The Morgan fingerprint density at radius 2 is 1.96 bits per heavy atom. The van der Waals surface area contributed by atoms with E-state index in [2.05, 4.69) is 15.0 Å². The standard InChI is InChI=1S/C37H45FN6O7S2/c1-21(2)26-20-52-32(40-26)25-17-29(24-11-12-28(50-5)30(38)31(24)39-25)51-19-23-16-27-33(45)43(4)15-9-7-6-8-10-22-18-37(22,41-35(47)44(23)27)34(46)42-53(48,49)36(3)13-14-36/h8,10-12,17,20-23,27H,6-7,9,13-16,18-19H2,1-5H3,(H,41,47)(H,42,46)/b10-8-/t22-,23-,27-,37-/m0/s1.